The van der Waals surface area contributed by atoms with Crippen LogP contribution in [-0.2, 0) is 29.1 Å². The number of nitrogens with one attached hydrogen (secondary N) is 1. The predicted molar refractivity (Wildman–Crippen MR) is 119 cm³/mol. The predicted octanol–water partition coefficient (Wildman–Crippen LogP) is 2.10. The van der Waals surface area contributed by atoms with Gasteiger partial charge < -0.3 is 14.8 Å². The number of aryl methyl sites for hydroxylation is 2. The summed E-state index contributed by atoms with van der Waals surface area (Å²) in [6, 6.07) is 1.68. The maximum absolute atomic E-state index is 13.1. The molecule has 9 heteroatoms. The van der Waals surface area contributed by atoms with Gasteiger partial charge in [0.15, 0.2) is 0 Å². The van der Waals surface area contributed by atoms with Crippen LogP contribution in [0.25, 0.3) is 0 Å². The summed E-state index contributed by atoms with van der Waals surface area (Å²) in [5.74, 6) is 0.689. The average molecular weight is 441 g/mol. The standard InChI is InChI=1S/C23H32N6O3/c1-3-6-20(30)27-12-9-17-18(15-27)24-22(25-23(17)32)19-7-4-5-11-29(19)21(31)10-14-28-13-8-16(2)26-28/h8,13,19H,3-7,9-12,14-15H2,1-2H3,(H,24,25,32)/t19-/m0/s1. The number of fused-ring (bicyclic) bond motifs is 1. The van der Waals surface area contributed by atoms with Crippen molar-refractivity contribution in [2.75, 3.05) is 13.1 Å². The maximum Gasteiger partial charge on any atom is 0.254 e. The molecule has 172 valence electrons. The first-order valence-electron chi connectivity index (χ1n) is 11.7. The van der Waals surface area contributed by atoms with Gasteiger partial charge in [-0.25, -0.2) is 4.98 Å². The minimum Gasteiger partial charge on any atom is -0.336 e. The van der Waals surface area contributed by atoms with Crippen LogP contribution in [0.2, 0.25) is 0 Å². The lowest BCUT2D eigenvalue weighted by molar-refractivity contribution is -0.135. The summed E-state index contributed by atoms with van der Waals surface area (Å²) in [4.78, 5) is 49.6. The van der Waals surface area contributed by atoms with Crippen LogP contribution in [-0.4, -0.2) is 54.5 Å². The molecule has 1 fully saturated rings. The van der Waals surface area contributed by atoms with Gasteiger partial charge >= 0.3 is 0 Å². The second-order valence-electron chi connectivity index (χ2n) is 8.76. The molecule has 1 saturated heterocycles. The van der Waals surface area contributed by atoms with E-state index in [1.54, 1.807) is 9.58 Å². The highest BCUT2D eigenvalue weighted by molar-refractivity contribution is 5.77. The van der Waals surface area contributed by atoms with E-state index < -0.39 is 0 Å². The first kappa shape index (κ1) is 22.2. The number of hydrogen-bond acceptors (Lipinski definition) is 5. The van der Waals surface area contributed by atoms with E-state index in [1.807, 2.05) is 31.0 Å². The van der Waals surface area contributed by atoms with Gasteiger partial charge in [-0.05, 0) is 45.1 Å². The molecule has 2 amide bonds. The molecule has 0 radical (unpaired) electrons. The fourth-order valence-corrected chi connectivity index (χ4v) is 4.66. The quantitative estimate of drug-likeness (QED) is 0.741. The van der Waals surface area contributed by atoms with E-state index in [4.69, 9.17) is 4.98 Å². The fourth-order valence-electron chi connectivity index (χ4n) is 4.66. The van der Waals surface area contributed by atoms with Crippen LogP contribution in [0.15, 0.2) is 17.1 Å². The number of likely N-dealkylation sites (tertiary alicyclic amines) is 1. The molecule has 1 N–H and O–H groups in total. The van der Waals surface area contributed by atoms with E-state index in [2.05, 4.69) is 10.1 Å². The van der Waals surface area contributed by atoms with Crippen LogP contribution in [0.3, 0.4) is 0 Å². The lowest BCUT2D eigenvalue weighted by Crippen LogP contribution is -2.42. The number of H-pyrrole nitrogens is 1. The summed E-state index contributed by atoms with van der Waals surface area (Å²) in [6.45, 7) is 6.01. The van der Waals surface area contributed by atoms with Gasteiger partial charge in [-0.1, -0.05) is 6.92 Å². The van der Waals surface area contributed by atoms with Crippen molar-refractivity contribution >= 4 is 11.8 Å². The Kier molecular flexibility index (Phi) is 6.72. The molecule has 0 saturated carbocycles. The molecule has 0 unspecified atom stereocenters. The third kappa shape index (κ3) is 4.76. The van der Waals surface area contributed by atoms with Crippen molar-refractivity contribution in [3.8, 4) is 0 Å². The summed E-state index contributed by atoms with van der Waals surface area (Å²) >= 11 is 0. The first-order chi connectivity index (χ1) is 15.5. The molecule has 1 atom stereocenters. The van der Waals surface area contributed by atoms with Crippen molar-refractivity contribution < 1.29 is 9.59 Å². The lowest BCUT2D eigenvalue weighted by Gasteiger charge is -2.36. The second kappa shape index (κ2) is 9.67. The Labute approximate surface area is 187 Å². The minimum absolute atomic E-state index is 0.0444. The summed E-state index contributed by atoms with van der Waals surface area (Å²) in [7, 11) is 0. The zero-order valence-corrected chi connectivity index (χ0v) is 19.0. The van der Waals surface area contributed by atoms with Gasteiger partial charge in [0, 0.05) is 44.2 Å². The van der Waals surface area contributed by atoms with Crippen LogP contribution in [0.5, 0.6) is 0 Å². The molecule has 0 spiro atoms. The Bertz CT molecular complexity index is 1040. The van der Waals surface area contributed by atoms with Crippen LogP contribution >= 0.6 is 0 Å². The highest BCUT2D eigenvalue weighted by Gasteiger charge is 2.31. The molecular formula is C23H32N6O3. The third-order valence-corrected chi connectivity index (χ3v) is 6.38. The van der Waals surface area contributed by atoms with Crippen molar-refractivity contribution in [1.29, 1.82) is 0 Å². The van der Waals surface area contributed by atoms with Crippen LogP contribution in [0, 0.1) is 6.92 Å². The smallest absolute Gasteiger partial charge is 0.254 e. The summed E-state index contributed by atoms with van der Waals surface area (Å²) in [6.07, 6.45) is 6.75. The molecular weight excluding hydrogens is 408 g/mol. The molecule has 4 heterocycles. The zero-order chi connectivity index (χ0) is 22.7. The Balaban J connectivity index is 1.52. The Morgan fingerprint density at radius 3 is 2.78 bits per heavy atom. The molecule has 0 aliphatic carbocycles. The van der Waals surface area contributed by atoms with Crippen molar-refractivity contribution in [2.45, 2.75) is 77.9 Å². The Morgan fingerprint density at radius 1 is 1.19 bits per heavy atom. The Hall–Kier alpha value is -2.97. The number of piperidine rings is 1. The van der Waals surface area contributed by atoms with Gasteiger partial charge in [0.05, 0.1) is 24.0 Å². The number of aromatic nitrogens is 4. The van der Waals surface area contributed by atoms with E-state index in [-0.39, 0.29) is 23.4 Å². The summed E-state index contributed by atoms with van der Waals surface area (Å²) in [5, 5.41) is 4.35. The molecule has 4 rings (SSSR count). The van der Waals surface area contributed by atoms with Gasteiger partial charge in [-0.15, -0.1) is 0 Å². The second-order valence-corrected chi connectivity index (χ2v) is 8.76. The lowest BCUT2D eigenvalue weighted by atomic mass is 9.99. The average Bonchev–Trinajstić information content (AvgIpc) is 3.22. The van der Waals surface area contributed by atoms with Crippen molar-refractivity contribution in [1.82, 2.24) is 29.5 Å². The fraction of sp³-hybridized carbons (Fsp3) is 0.609. The van der Waals surface area contributed by atoms with Gasteiger partial charge in [0.2, 0.25) is 11.8 Å². The van der Waals surface area contributed by atoms with Gasteiger partial charge in [0.25, 0.3) is 5.56 Å². The zero-order valence-electron chi connectivity index (χ0n) is 19.0. The van der Waals surface area contributed by atoms with E-state index in [9.17, 15) is 14.4 Å². The molecule has 2 aliphatic heterocycles. The number of amides is 2. The largest absolute Gasteiger partial charge is 0.336 e. The van der Waals surface area contributed by atoms with E-state index >= 15 is 0 Å². The number of hydrogen-bond donors (Lipinski definition) is 1. The number of nitrogens with zero attached hydrogens (tertiary/aromatic N) is 5. The number of carbonyl (C=O) groups excluding carboxylic acids is 2. The van der Waals surface area contributed by atoms with Crippen molar-refractivity contribution in [2.24, 2.45) is 0 Å². The highest BCUT2D eigenvalue weighted by Crippen LogP contribution is 2.30. The van der Waals surface area contributed by atoms with Gasteiger partial charge in [0.1, 0.15) is 5.82 Å². The molecule has 0 bridgehead atoms. The maximum atomic E-state index is 13.1. The van der Waals surface area contributed by atoms with E-state index in [1.165, 1.54) is 0 Å². The number of rotatable bonds is 6. The topological polar surface area (TPSA) is 104 Å². The molecule has 2 aromatic heterocycles. The molecule has 9 nitrogen and oxygen atoms in total. The van der Waals surface area contributed by atoms with Crippen LogP contribution in [0.4, 0.5) is 0 Å². The molecule has 2 aromatic rings. The van der Waals surface area contributed by atoms with E-state index in [0.29, 0.717) is 62.5 Å². The number of carbonyl (C=O) groups is 2. The van der Waals surface area contributed by atoms with Crippen molar-refractivity contribution in [3.63, 3.8) is 0 Å². The number of aromatic amines is 1. The van der Waals surface area contributed by atoms with Gasteiger partial charge in [-0.2, -0.15) is 5.10 Å². The Morgan fingerprint density at radius 2 is 2.03 bits per heavy atom. The summed E-state index contributed by atoms with van der Waals surface area (Å²) in [5.41, 5.74) is 2.12. The van der Waals surface area contributed by atoms with Crippen LogP contribution in [0.1, 0.15) is 74.3 Å². The van der Waals surface area contributed by atoms with E-state index in [0.717, 1.165) is 31.4 Å². The van der Waals surface area contributed by atoms with Crippen molar-refractivity contribution in [3.05, 3.63) is 45.4 Å². The normalized spacial score (nSPS) is 18.5. The molecule has 0 aromatic carbocycles. The monoisotopic (exact) mass is 440 g/mol. The molecule has 32 heavy (non-hydrogen) atoms. The highest BCUT2D eigenvalue weighted by atomic mass is 16.2. The van der Waals surface area contributed by atoms with Crippen LogP contribution < -0.4 is 5.56 Å². The minimum atomic E-state index is -0.240. The first-order valence-corrected chi connectivity index (χ1v) is 11.7. The van der Waals surface area contributed by atoms with Gasteiger partial charge in [-0.3, -0.25) is 19.1 Å². The summed E-state index contributed by atoms with van der Waals surface area (Å²) < 4.78 is 1.78. The molecule has 2 aliphatic rings. The SMILES string of the molecule is CCCC(=O)N1CCc2c(nc([C@@H]3CCCCN3C(=O)CCn3ccc(C)n3)[nH]c2=O)C1. The third-order valence-electron chi connectivity index (χ3n) is 6.38.